The molecule has 0 saturated carbocycles. The highest BCUT2D eigenvalue weighted by atomic mass is 19.1. The molecule has 0 aliphatic rings. The SMILES string of the molecule is COc1cc(Oc2ccncc2)ccc1NC(=O)Nc1cc(C(C)C)nn1-c1cccc(F)c1. The number of halogens is 1. The molecular formula is C25H24FN5O3. The van der Waals surface area contributed by atoms with E-state index in [4.69, 9.17) is 9.47 Å². The first-order valence-electron chi connectivity index (χ1n) is 10.6. The average molecular weight is 461 g/mol. The molecule has 0 atom stereocenters. The Labute approximate surface area is 196 Å². The van der Waals surface area contributed by atoms with Gasteiger partial charge >= 0.3 is 6.03 Å². The fraction of sp³-hybridized carbons (Fsp3) is 0.160. The normalized spacial score (nSPS) is 10.7. The summed E-state index contributed by atoms with van der Waals surface area (Å²) in [7, 11) is 1.50. The molecular weight excluding hydrogens is 437 g/mol. The minimum atomic E-state index is -0.506. The second-order valence-corrected chi connectivity index (χ2v) is 7.73. The van der Waals surface area contributed by atoms with Gasteiger partial charge in [-0.3, -0.25) is 10.3 Å². The molecule has 2 aromatic heterocycles. The summed E-state index contributed by atoms with van der Waals surface area (Å²) in [5.41, 5.74) is 1.70. The molecule has 8 nitrogen and oxygen atoms in total. The van der Waals surface area contributed by atoms with Crippen molar-refractivity contribution in [2.75, 3.05) is 17.7 Å². The standard InChI is InChI=1S/C25H24FN5O3/c1-16(2)22-15-24(31(30-22)18-6-4-5-17(26)13-18)29-25(32)28-21-8-7-20(14-23(21)33-3)34-19-9-11-27-12-10-19/h4-16H,1-3H3,(H2,28,29,32). The number of anilines is 2. The first-order valence-corrected chi connectivity index (χ1v) is 10.6. The lowest BCUT2D eigenvalue weighted by molar-refractivity contribution is 0.262. The Bertz CT molecular complexity index is 1290. The van der Waals surface area contributed by atoms with Gasteiger partial charge in [-0.1, -0.05) is 19.9 Å². The molecule has 0 saturated heterocycles. The molecule has 9 heteroatoms. The van der Waals surface area contributed by atoms with E-state index in [2.05, 4.69) is 20.7 Å². The van der Waals surface area contributed by atoms with Crippen molar-refractivity contribution in [1.29, 1.82) is 0 Å². The van der Waals surface area contributed by atoms with E-state index in [0.717, 1.165) is 5.69 Å². The Morgan fingerprint density at radius 1 is 1.00 bits per heavy atom. The number of amides is 2. The molecule has 0 radical (unpaired) electrons. The van der Waals surface area contributed by atoms with E-state index in [9.17, 15) is 9.18 Å². The number of nitrogens with one attached hydrogen (secondary N) is 2. The van der Waals surface area contributed by atoms with Gasteiger partial charge in [0.1, 0.15) is 28.9 Å². The van der Waals surface area contributed by atoms with Crippen molar-refractivity contribution < 1.29 is 18.7 Å². The molecule has 2 N–H and O–H groups in total. The lowest BCUT2D eigenvalue weighted by Gasteiger charge is -2.14. The molecule has 4 aromatic rings. The Kier molecular flexibility index (Phi) is 6.72. The molecule has 0 aliphatic heterocycles. The van der Waals surface area contributed by atoms with Crippen LogP contribution in [0.5, 0.6) is 17.2 Å². The predicted molar refractivity (Wildman–Crippen MR) is 128 cm³/mol. The zero-order chi connectivity index (χ0) is 24.1. The number of aromatic nitrogens is 3. The maximum absolute atomic E-state index is 13.8. The Morgan fingerprint density at radius 3 is 2.50 bits per heavy atom. The minimum Gasteiger partial charge on any atom is -0.494 e. The summed E-state index contributed by atoms with van der Waals surface area (Å²) in [5.74, 6) is 1.72. The van der Waals surface area contributed by atoms with E-state index in [1.54, 1.807) is 60.9 Å². The van der Waals surface area contributed by atoms with E-state index in [1.807, 2.05) is 13.8 Å². The van der Waals surface area contributed by atoms with Crippen molar-refractivity contribution in [2.45, 2.75) is 19.8 Å². The minimum absolute atomic E-state index is 0.117. The molecule has 0 aliphatic carbocycles. The molecule has 2 aromatic carbocycles. The van der Waals surface area contributed by atoms with E-state index in [1.165, 1.54) is 23.9 Å². The lowest BCUT2D eigenvalue weighted by atomic mass is 10.1. The van der Waals surface area contributed by atoms with Gasteiger partial charge in [0.05, 0.1) is 24.2 Å². The van der Waals surface area contributed by atoms with Gasteiger partial charge in [0.2, 0.25) is 0 Å². The Hall–Kier alpha value is -4.40. The van der Waals surface area contributed by atoms with Crippen molar-refractivity contribution in [3.63, 3.8) is 0 Å². The number of benzene rings is 2. The second-order valence-electron chi connectivity index (χ2n) is 7.73. The van der Waals surface area contributed by atoms with Crippen LogP contribution in [0.3, 0.4) is 0 Å². The van der Waals surface area contributed by atoms with E-state index in [0.29, 0.717) is 34.4 Å². The third-order valence-corrected chi connectivity index (χ3v) is 4.92. The van der Waals surface area contributed by atoms with Crippen molar-refractivity contribution in [3.8, 4) is 22.9 Å². The third-order valence-electron chi connectivity index (χ3n) is 4.92. The summed E-state index contributed by atoms with van der Waals surface area (Å²) >= 11 is 0. The van der Waals surface area contributed by atoms with Crippen LogP contribution >= 0.6 is 0 Å². The maximum Gasteiger partial charge on any atom is 0.324 e. The topological polar surface area (TPSA) is 90.3 Å². The lowest BCUT2D eigenvalue weighted by Crippen LogP contribution is -2.21. The molecule has 34 heavy (non-hydrogen) atoms. The van der Waals surface area contributed by atoms with Crippen LogP contribution in [0.2, 0.25) is 0 Å². The van der Waals surface area contributed by atoms with Crippen molar-refractivity contribution in [3.05, 3.63) is 84.6 Å². The number of methoxy groups -OCH3 is 1. The van der Waals surface area contributed by atoms with Gasteiger partial charge < -0.3 is 14.8 Å². The summed E-state index contributed by atoms with van der Waals surface area (Å²) in [6.07, 6.45) is 3.26. The predicted octanol–water partition coefficient (Wildman–Crippen LogP) is 5.97. The van der Waals surface area contributed by atoms with E-state index >= 15 is 0 Å². The van der Waals surface area contributed by atoms with Crippen LogP contribution in [-0.2, 0) is 0 Å². The van der Waals surface area contributed by atoms with Crippen LogP contribution in [0.1, 0.15) is 25.5 Å². The number of carbonyl (C=O) groups excluding carboxylic acids is 1. The highest BCUT2D eigenvalue weighted by molar-refractivity contribution is 6.00. The van der Waals surface area contributed by atoms with Crippen LogP contribution in [0.15, 0.2) is 73.1 Å². The third kappa shape index (κ3) is 5.32. The Morgan fingerprint density at radius 2 is 1.79 bits per heavy atom. The number of pyridine rings is 1. The first kappa shape index (κ1) is 22.8. The largest absolute Gasteiger partial charge is 0.494 e. The summed E-state index contributed by atoms with van der Waals surface area (Å²) in [4.78, 5) is 16.8. The molecule has 0 spiro atoms. The fourth-order valence-corrected chi connectivity index (χ4v) is 3.23. The summed E-state index contributed by atoms with van der Waals surface area (Å²) in [6, 6.07) is 15.8. The maximum atomic E-state index is 13.8. The fourth-order valence-electron chi connectivity index (χ4n) is 3.23. The average Bonchev–Trinajstić information content (AvgIpc) is 3.25. The molecule has 174 valence electrons. The van der Waals surface area contributed by atoms with Gasteiger partial charge in [-0.05, 0) is 48.4 Å². The number of urea groups is 1. The van der Waals surface area contributed by atoms with Crippen molar-refractivity contribution >= 4 is 17.5 Å². The number of rotatable bonds is 7. The van der Waals surface area contributed by atoms with Crippen LogP contribution < -0.4 is 20.1 Å². The van der Waals surface area contributed by atoms with Crippen molar-refractivity contribution in [1.82, 2.24) is 14.8 Å². The number of ether oxygens (including phenoxy) is 2. The zero-order valence-electron chi connectivity index (χ0n) is 18.9. The highest BCUT2D eigenvalue weighted by Crippen LogP contribution is 2.32. The summed E-state index contributed by atoms with van der Waals surface area (Å²) < 4.78 is 26.5. The first-order chi connectivity index (χ1) is 16.4. The number of hydrogen-bond donors (Lipinski definition) is 2. The van der Waals surface area contributed by atoms with Gasteiger partial charge in [-0.25, -0.2) is 13.9 Å². The molecule has 2 heterocycles. The van der Waals surface area contributed by atoms with Gasteiger partial charge in [-0.15, -0.1) is 0 Å². The van der Waals surface area contributed by atoms with Crippen LogP contribution in [0, 0.1) is 5.82 Å². The van der Waals surface area contributed by atoms with Gasteiger partial charge in [-0.2, -0.15) is 5.10 Å². The summed E-state index contributed by atoms with van der Waals surface area (Å²) in [5, 5.41) is 10.1. The number of carbonyl (C=O) groups is 1. The van der Waals surface area contributed by atoms with Crippen LogP contribution in [0.4, 0.5) is 20.7 Å². The smallest absolute Gasteiger partial charge is 0.324 e. The van der Waals surface area contributed by atoms with Crippen LogP contribution in [-0.4, -0.2) is 27.9 Å². The van der Waals surface area contributed by atoms with Gasteiger partial charge in [0.15, 0.2) is 0 Å². The Balaban J connectivity index is 1.53. The van der Waals surface area contributed by atoms with E-state index in [-0.39, 0.29) is 5.92 Å². The molecule has 4 rings (SSSR count). The second kappa shape index (κ2) is 10.0. The molecule has 0 unspecified atom stereocenters. The summed E-state index contributed by atoms with van der Waals surface area (Å²) in [6.45, 7) is 3.98. The molecule has 0 bridgehead atoms. The van der Waals surface area contributed by atoms with Gasteiger partial charge in [0.25, 0.3) is 0 Å². The number of hydrogen-bond acceptors (Lipinski definition) is 5. The van der Waals surface area contributed by atoms with Gasteiger partial charge in [0, 0.05) is 24.5 Å². The quantitative estimate of drug-likeness (QED) is 0.354. The van der Waals surface area contributed by atoms with E-state index < -0.39 is 11.8 Å². The monoisotopic (exact) mass is 461 g/mol. The van der Waals surface area contributed by atoms with Crippen molar-refractivity contribution in [2.24, 2.45) is 0 Å². The molecule has 2 amide bonds. The molecule has 0 fully saturated rings. The zero-order valence-corrected chi connectivity index (χ0v) is 18.9. The highest BCUT2D eigenvalue weighted by Gasteiger charge is 2.16. The van der Waals surface area contributed by atoms with Crippen LogP contribution in [0.25, 0.3) is 5.69 Å². The number of nitrogens with zero attached hydrogens (tertiary/aromatic N) is 3.